The highest BCUT2D eigenvalue weighted by Crippen LogP contribution is 2.41. The van der Waals surface area contributed by atoms with Gasteiger partial charge in [0.1, 0.15) is 11.9 Å². The van der Waals surface area contributed by atoms with E-state index in [1.165, 1.54) is 0 Å². The third kappa shape index (κ3) is 4.51. The highest BCUT2D eigenvalue weighted by Gasteiger charge is 2.51. The second kappa shape index (κ2) is 9.92. The number of fused-ring (bicyclic) bond motifs is 3. The van der Waals surface area contributed by atoms with Crippen molar-refractivity contribution in [1.29, 1.82) is 0 Å². The maximum absolute atomic E-state index is 15.5. The van der Waals surface area contributed by atoms with Crippen LogP contribution in [-0.2, 0) is 4.74 Å². The minimum Gasteiger partial charge on any atom is -0.467 e. The Bertz CT molecular complexity index is 1130. The van der Waals surface area contributed by atoms with E-state index in [0.29, 0.717) is 23.8 Å². The number of aromatic nitrogens is 4. The molecule has 2 saturated heterocycles. The zero-order valence-corrected chi connectivity index (χ0v) is 20.2. The number of anilines is 1. The number of halogens is 1. The predicted octanol–water partition coefficient (Wildman–Crippen LogP) is 2.66. The summed E-state index contributed by atoms with van der Waals surface area (Å²) < 4.78 is 28.3. The normalized spacial score (nSPS) is 23.9. The number of alkyl halides is 1. The third-order valence-corrected chi connectivity index (χ3v) is 7.20. The van der Waals surface area contributed by atoms with E-state index in [2.05, 4.69) is 15.2 Å². The number of hydrogen-bond acceptors (Lipinski definition) is 8. The molecule has 1 aromatic carbocycles. The lowest BCUT2D eigenvalue weighted by Crippen LogP contribution is -2.68. The van der Waals surface area contributed by atoms with Crippen molar-refractivity contribution < 1.29 is 18.9 Å². The molecular formula is C24H30BFN6O3. The van der Waals surface area contributed by atoms with Crippen LogP contribution >= 0.6 is 0 Å². The second-order valence-electron chi connectivity index (χ2n) is 9.26. The minimum atomic E-state index is -1.06. The number of methoxy groups -OCH3 is 1. The molecule has 0 amide bonds. The Balaban J connectivity index is 1.38. The molecule has 11 heteroatoms. The van der Waals surface area contributed by atoms with Crippen LogP contribution in [0.1, 0.15) is 12.8 Å². The molecule has 2 aliphatic heterocycles. The summed E-state index contributed by atoms with van der Waals surface area (Å²) in [6.45, 7) is 2.50. The van der Waals surface area contributed by atoms with Gasteiger partial charge in [0.05, 0.1) is 23.8 Å². The van der Waals surface area contributed by atoms with Crippen LogP contribution in [0.15, 0.2) is 49.1 Å². The van der Waals surface area contributed by atoms with E-state index < -0.39 is 13.2 Å². The summed E-state index contributed by atoms with van der Waals surface area (Å²) in [6.07, 6.45) is 5.94. The summed E-state index contributed by atoms with van der Waals surface area (Å²) in [5.41, 5.74) is 2.32. The largest absolute Gasteiger partial charge is 0.467 e. The lowest BCUT2D eigenvalue weighted by atomic mass is 9.68. The van der Waals surface area contributed by atoms with Crippen molar-refractivity contribution in [3.05, 3.63) is 49.1 Å². The molecule has 9 nitrogen and oxygen atoms in total. The molecule has 4 heterocycles. The Labute approximate surface area is 204 Å². The SMILES string of the molecule is COCOc1cc(-n2ccnc2)ccc1-c1ccc(N(C)[C@@H]2C3CCC([C@@H]2F)N(B(C)O)C3)nn1. The van der Waals surface area contributed by atoms with Crippen molar-refractivity contribution in [2.45, 2.75) is 37.9 Å². The van der Waals surface area contributed by atoms with Gasteiger partial charge in [-0.15, -0.1) is 10.2 Å². The Morgan fingerprint density at radius 2 is 2.09 bits per heavy atom. The van der Waals surface area contributed by atoms with Crippen LogP contribution < -0.4 is 9.64 Å². The molecule has 4 atom stereocenters. The van der Waals surface area contributed by atoms with Crippen LogP contribution in [0.2, 0.25) is 6.82 Å². The molecule has 3 fully saturated rings. The molecule has 1 aliphatic carbocycles. The average molecular weight is 480 g/mol. The first kappa shape index (κ1) is 23.7. The first-order chi connectivity index (χ1) is 17.0. The Hall–Kier alpha value is -3.02. The van der Waals surface area contributed by atoms with Gasteiger partial charge >= 0.3 is 7.05 Å². The first-order valence-electron chi connectivity index (χ1n) is 11.9. The lowest BCUT2D eigenvalue weighted by Gasteiger charge is -2.54. The summed E-state index contributed by atoms with van der Waals surface area (Å²) in [5, 5.41) is 18.9. The van der Waals surface area contributed by atoms with Crippen LogP contribution in [0, 0.1) is 5.92 Å². The number of imidazole rings is 1. The van der Waals surface area contributed by atoms with E-state index in [9.17, 15) is 5.02 Å². The van der Waals surface area contributed by atoms with Gasteiger partial charge in [-0.25, -0.2) is 9.37 Å². The van der Waals surface area contributed by atoms with E-state index in [1.807, 2.05) is 57.9 Å². The molecule has 2 unspecified atom stereocenters. The van der Waals surface area contributed by atoms with Crippen LogP contribution in [0.5, 0.6) is 5.75 Å². The number of ether oxygens (including phenoxy) is 2. The minimum absolute atomic E-state index is 0.0975. The Kier molecular flexibility index (Phi) is 6.72. The van der Waals surface area contributed by atoms with Crippen molar-refractivity contribution in [3.8, 4) is 22.7 Å². The summed E-state index contributed by atoms with van der Waals surface area (Å²) in [7, 11) is 2.81. The van der Waals surface area contributed by atoms with Gasteiger partial charge in [0.25, 0.3) is 0 Å². The zero-order valence-electron chi connectivity index (χ0n) is 20.2. The van der Waals surface area contributed by atoms with Crippen molar-refractivity contribution >= 4 is 12.9 Å². The highest BCUT2D eigenvalue weighted by atomic mass is 19.1. The average Bonchev–Trinajstić information content (AvgIpc) is 3.42. The van der Waals surface area contributed by atoms with Gasteiger partial charge < -0.3 is 28.8 Å². The standard InChI is InChI=1S/C24H30BFN6O3/c1-25(33)32-13-16-4-8-20(32)23(26)24(16)30(2)22-9-7-19(28-29-22)18-6-5-17(31-11-10-27-14-31)12-21(18)35-15-34-3/h5-7,9-12,14,16,20,23-24,33H,4,8,13,15H2,1-3H3/t16?,20?,23-,24+/m0/s1. The first-order valence-corrected chi connectivity index (χ1v) is 11.9. The Morgan fingerprint density at radius 3 is 2.74 bits per heavy atom. The van der Waals surface area contributed by atoms with Gasteiger partial charge in [0, 0.05) is 44.2 Å². The van der Waals surface area contributed by atoms with Gasteiger partial charge in [0.15, 0.2) is 12.6 Å². The fourth-order valence-electron chi connectivity index (χ4n) is 5.46. The van der Waals surface area contributed by atoms with Crippen molar-refractivity contribution in [2.75, 3.05) is 32.4 Å². The van der Waals surface area contributed by atoms with Crippen LogP contribution in [0.3, 0.4) is 0 Å². The molecule has 1 saturated carbocycles. The van der Waals surface area contributed by atoms with Gasteiger partial charge in [0.2, 0.25) is 0 Å². The molecule has 0 spiro atoms. The van der Waals surface area contributed by atoms with E-state index in [-0.39, 0.29) is 24.8 Å². The third-order valence-electron chi connectivity index (χ3n) is 7.20. The second-order valence-corrected chi connectivity index (χ2v) is 9.26. The van der Waals surface area contributed by atoms with Crippen LogP contribution in [0.4, 0.5) is 10.2 Å². The lowest BCUT2D eigenvalue weighted by molar-refractivity contribution is 0.00393. The maximum Gasteiger partial charge on any atom is 0.376 e. The number of piperidine rings is 2. The number of benzene rings is 1. The molecule has 35 heavy (non-hydrogen) atoms. The van der Waals surface area contributed by atoms with E-state index in [0.717, 1.165) is 24.1 Å². The highest BCUT2D eigenvalue weighted by molar-refractivity contribution is 6.45. The molecule has 3 aromatic rings. The van der Waals surface area contributed by atoms with Gasteiger partial charge in [-0.2, -0.15) is 0 Å². The molecule has 2 bridgehead atoms. The molecular weight excluding hydrogens is 450 g/mol. The number of nitrogens with zero attached hydrogens (tertiary/aromatic N) is 6. The molecule has 184 valence electrons. The quantitative estimate of drug-likeness (QED) is 0.389. The zero-order chi connectivity index (χ0) is 24.5. The van der Waals surface area contributed by atoms with E-state index in [4.69, 9.17) is 9.47 Å². The Morgan fingerprint density at radius 1 is 1.23 bits per heavy atom. The topological polar surface area (TPSA) is 88.8 Å². The summed E-state index contributed by atoms with van der Waals surface area (Å²) >= 11 is 0. The van der Waals surface area contributed by atoms with Gasteiger partial charge in [-0.3, -0.25) is 0 Å². The fourth-order valence-corrected chi connectivity index (χ4v) is 5.46. The maximum atomic E-state index is 15.5. The van der Waals surface area contributed by atoms with E-state index >= 15 is 4.39 Å². The smallest absolute Gasteiger partial charge is 0.376 e. The summed E-state index contributed by atoms with van der Waals surface area (Å²) in [5.74, 6) is 1.35. The van der Waals surface area contributed by atoms with Gasteiger partial charge in [-0.1, -0.05) is 0 Å². The van der Waals surface area contributed by atoms with Crippen LogP contribution in [0.25, 0.3) is 16.9 Å². The van der Waals surface area contributed by atoms with E-state index in [1.54, 1.807) is 26.5 Å². The molecule has 3 aliphatic rings. The molecule has 0 radical (unpaired) electrons. The molecule has 2 aromatic heterocycles. The van der Waals surface area contributed by atoms with Crippen molar-refractivity contribution in [2.24, 2.45) is 5.92 Å². The van der Waals surface area contributed by atoms with Crippen molar-refractivity contribution in [3.63, 3.8) is 0 Å². The molecule has 1 N–H and O–H groups in total. The number of rotatable bonds is 8. The monoisotopic (exact) mass is 480 g/mol. The van der Waals surface area contributed by atoms with Crippen LogP contribution in [-0.4, -0.2) is 82.4 Å². The van der Waals surface area contributed by atoms with Gasteiger partial charge in [-0.05, 0) is 56.4 Å². The summed E-state index contributed by atoms with van der Waals surface area (Å²) in [4.78, 5) is 7.88. The van der Waals surface area contributed by atoms with Crippen molar-refractivity contribution in [1.82, 2.24) is 24.6 Å². The molecule has 6 rings (SSSR count). The fraction of sp³-hybridized carbons (Fsp3) is 0.458. The summed E-state index contributed by atoms with van der Waals surface area (Å²) in [6, 6.07) is 8.97. The number of hydrogen-bond donors (Lipinski definition) is 1. The predicted molar refractivity (Wildman–Crippen MR) is 131 cm³/mol.